The highest BCUT2D eigenvalue weighted by molar-refractivity contribution is 7.21. The molecule has 4 rings (SSSR count). The Bertz CT molecular complexity index is 1390. The molecule has 0 aliphatic heterocycles. The second-order valence-electron chi connectivity index (χ2n) is 7.15. The molecular formula is C21H15F3N4O4S. The normalized spacial score (nSPS) is 11.5. The lowest BCUT2D eigenvalue weighted by molar-refractivity contribution is -0.672. The molecule has 0 saturated heterocycles. The van der Waals surface area contributed by atoms with Crippen LogP contribution in [-0.2, 0) is 0 Å². The van der Waals surface area contributed by atoms with Crippen LogP contribution in [0, 0.1) is 0 Å². The van der Waals surface area contributed by atoms with Crippen LogP contribution in [-0.4, -0.2) is 22.4 Å². The van der Waals surface area contributed by atoms with Gasteiger partial charge in [-0.2, -0.15) is 0 Å². The Hall–Kier alpha value is -3.93. The summed E-state index contributed by atoms with van der Waals surface area (Å²) < 4.78 is 46.5. The predicted octanol–water partition coefficient (Wildman–Crippen LogP) is 3.77. The molecule has 170 valence electrons. The number of nitrogens with zero attached hydrogens (tertiary/aromatic N) is 3. The van der Waals surface area contributed by atoms with Crippen LogP contribution in [0.15, 0.2) is 46.5 Å². The van der Waals surface area contributed by atoms with Crippen molar-refractivity contribution in [1.82, 2.24) is 10.3 Å². The van der Waals surface area contributed by atoms with Crippen molar-refractivity contribution < 1.29 is 37.0 Å². The number of rotatable bonds is 5. The Kier molecular flexibility index (Phi) is 5.54. The van der Waals surface area contributed by atoms with Crippen LogP contribution in [0.2, 0.25) is 0 Å². The second kappa shape index (κ2) is 8.20. The van der Waals surface area contributed by atoms with Crippen LogP contribution in [0.25, 0.3) is 22.0 Å². The van der Waals surface area contributed by atoms with Crippen LogP contribution in [0.5, 0.6) is 11.7 Å². The number of halogens is 3. The van der Waals surface area contributed by atoms with Gasteiger partial charge in [-0.25, -0.2) is 4.98 Å². The number of hydrogen-bond donors (Lipinski definition) is 1. The molecule has 0 bridgehead atoms. The third-order valence-electron chi connectivity index (χ3n) is 4.40. The Morgan fingerprint density at radius 3 is 2.55 bits per heavy atom. The highest BCUT2D eigenvalue weighted by Gasteiger charge is 2.33. The number of nitrogen functional groups attached to an aromatic ring is 1. The largest absolute Gasteiger partial charge is 0.573 e. The number of benzene rings is 1. The Morgan fingerprint density at radius 1 is 1.21 bits per heavy atom. The molecule has 0 aliphatic carbocycles. The molecule has 0 unspecified atom stereocenters. The molecule has 1 aromatic carbocycles. The van der Waals surface area contributed by atoms with Crippen LogP contribution >= 0.6 is 11.3 Å². The van der Waals surface area contributed by atoms with Gasteiger partial charge in [-0.3, -0.25) is 4.79 Å². The van der Waals surface area contributed by atoms with Gasteiger partial charge in [0.15, 0.2) is 5.95 Å². The summed E-state index contributed by atoms with van der Waals surface area (Å²) in [5.41, 5.74) is 7.70. The topological polar surface area (TPSA) is 118 Å². The molecule has 0 atom stereocenters. The molecule has 0 saturated carbocycles. The van der Waals surface area contributed by atoms with Crippen molar-refractivity contribution in [3.8, 4) is 17.4 Å². The molecule has 3 heterocycles. The molecule has 0 radical (unpaired) electrons. The summed E-state index contributed by atoms with van der Waals surface area (Å²) in [5, 5.41) is 16.4. The molecule has 0 spiro atoms. The molecule has 2 N–H and O–H groups in total. The first kappa shape index (κ1) is 22.3. The van der Waals surface area contributed by atoms with Crippen molar-refractivity contribution in [3.05, 3.63) is 58.2 Å². The van der Waals surface area contributed by atoms with Crippen LogP contribution < -0.4 is 20.3 Å². The van der Waals surface area contributed by atoms with Crippen molar-refractivity contribution in [1.29, 1.82) is 0 Å². The minimum Gasteiger partial charge on any atom is -0.539 e. The van der Waals surface area contributed by atoms with Crippen molar-refractivity contribution in [3.63, 3.8) is 0 Å². The van der Waals surface area contributed by atoms with Gasteiger partial charge in [0.05, 0.1) is 16.7 Å². The van der Waals surface area contributed by atoms with Crippen molar-refractivity contribution in [2.24, 2.45) is 0 Å². The van der Waals surface area contributed by atoms with Crippen LogP contribution in [0.3, 0.4) is 0 Å². The molecular weight excluding hydrogens is 461 g/mol. The van der Waals surface area contributed by atoms with E-state index in [-0.39, 0.29) is 16.3 Å². The SMILES string of the molecule is CC(C)=Cc1ccc2c(N)c(C(=O)c3c([O-])on[n+]3-c3ccc(OC(F)(F)F)cc3)sc2n1. The first-order chi connectivity index (χ1) is 15.5. The molecule has 12 heteroatoms. The first-order valence-electron chi connectivity index (χ1n) is 9.37. The minimum absolute atomic E-state index is 0.0675. The van der Waals surface area contributed by atoms with Crippen molar-refractivity contribution >= 4 is 39.1 Å². The lowest BCUT2D eigenvalue weighted by atomic mass is 10.1. The van der Waals surface area contributed by atoms with E-state index in [1.165, 1.54) is 12.1 Å². The molecule has 3 aromatic heterocycles. The van der Waals surface area contributed by atoms with Gasteiger partial charge in [0.25, 0.3) is 5.78 Å². The van der Waals surface area contributed by atoms with Gasteiger partial charge < -0.3 is 20.1 Å². The number of hydrogen-bond acceptors (Lipinski definition) is 8. The Balaban J connectivity index is 1.73. The van der Waals surface area contributed by atoms with Gasteiger partial charge in [-0.15, -0.1) is 24.5 Å². The van der Waals surface area contributed by atoms with Crippen molar-refractivity contribution in [2.45, 2.75) is 20.2 Å². The maximum absolute atomic E-state index is 13.2. The van der Waals surface area contributed by atoms with E-state index >= 15 is 0 Å². The number of ether oxygens (including phenoxy) is 1. The maximum Gasteiger partial charge on any atom is 0.573 e. The fraction of sp³-hybridized carbons (Fsp3) is 0.143. The number of thiophene rings is 1. The molecule has 0 amide bonds. The highest BCUT2D eigenvalue weighted by atomic mass is 32.1. The number of nitrogens with two attached hydrogens (primary N) is 1. The minimum atomic E-state index is -4.86. The third kappa shape index (κ3) is 4.51. The zero-order valence-electron chi connectivity index (χ0n) is 17.1. The van der Waals surface area contributed by atoms with E-state index in [1.54, 1.807) is 12.1 Å². The van der Waals surface area contributed by atoms with Crippen molar-refractivity contribution in [2.75, 3.05) is 5.73 Å². The lowest BCUT2D eigenvalue weighted by Crippen LogP contribution is -2.39. The van der Waals surface area contributed by atoms with Gasteiger partial charge in [-0.05, 0) is 48.9 Å². The zero-order chi connectivity index (χ0) is 23.9. The smallest absolute Gasteiger partial charge is 0.539 e. The van der Waals surface area contributed by atoms with Gasteiger partial charge in [-0.1, -0.05) is 5.57 Å². The number of carbonyl (C=O) groups excluding carboxylic acids is 1. The Morgan fingerprint density at radius 2 is 1.91 bits per heavy atom. The van der Waals surface area contributed by atoms with Gasteiger partial charge in [0.2, 0.25) is 5.69 Å². The number of ketones is 1. The fourth-order valence-electron chi connectivity index (χ4n) is 3.07. The van der Waals surface area contributed by atoms with E-state index in [9.17, 15) is 23.1 Å². The summed E-state index contributed by atoms with van der Waals surface area (Å²) in [5.74, 6) is -2.25. The average molecular weight is 476 g/mol. The number of alkyl halides is 3. The third-order valence-corrected chi connectivity index (χ3v) is 5.51. The van der Waals surface area contributed by atoms with Gasteiger partial charge in [0.1, 0.15) is 15.5 Å². The first-order valence-corrected chi connectivity index (χ1v) is 10.2. The zero-order valence-corrected chi connectivity index (χ0v) is 18.0. The van der Waals surface area contributed by atoms with E-state index in [2.05, 4.69) is 19.5 Å². The van der Waals surface area contributed by atoms with E-state index < -0.39 is 29.5 Å². The molecule has 0 aliphatic rings. The lowest BCUT2D eigenvalue weighted by Gasteiger charge is -2.07. The summed E-state index contributed by atoms with van der Waals surface area (Å²) in [6, 6.07) is 7.93. The van der Waals surface area contributed by atoms with E-state index in [0.717, 1.165) is 33.7 Å². The predicted molar refractivity (Wildman–Crippen MR) is 111 cm³/mol. The molecule has 8 nitrogen and oxygen atoms in total. The number of fused-ring (bicyclic) bond motifs is 1. The summed E-state index contributed by atoms with van der Waals surface area (Å²) in [4.78, 5) is 18.3. The quantitative estimate of drug-likeness (QED) is 0.344. The second-order valence-corrected chi connectivity index (χ2v) is 8.15. The highest BCUT2D eigenvalue weighted by Crippen LogP contribution is 2.35. The molecule has 0 fully saturated rings. The summed E-state index contributed by atoms with van der Waals surface area (Å²) in [6.07, 6.45) is -2.99. The van der Waals surface area contributed by atoms with E-state index in [4.69, 9.17) is 5.73 Å². The number of carbonyl (C=O) groups is 1. The van der Waals surface area contributed by atoms with Crippen LogP contribution in [0.4, 0.5) is 18.9 Å². The van der Waals surface area contributed by atoms with Crippen LogP contribution in [0.1, 0.15) is 34.9 Å². The van der Waals surface area contributed by atoms with Gasteiger partial charge >= 0.3 is 12.1 Å². The van der Waals surface area contributed by atoms with E-state index in [0.29, 0.717) is 15.9 Å². The monoisotopic (exact) mass is 476 g/mol. The average Bonchev–Trinajstić information content (AvgIpc) is 3.26. The summed E-state index contributed by atoms with van der Waals surface area (Å²) in [7, 11) is 0. The van der Waals surface area contributed by atoms with Gasteiger partial charge in [0, 0.05) is 17.5 Å². The molecule has 4 aromatic rings. The summed E-state index contributed by atoms with van der Waals surface area (Å²) in [6.45, 7) is 3.84. The number of aromatic nitrogens is 3. The Labute approximate surface area is 188 Å². The maximum atomic E-state index is 13.2. The fourth-order valence-corrected chi connectivity index (χ4v) is 4.11. The number of allylic oxidation sites excluding steroid dienone is 1. The number of pyridine rings is 1. The molecule has 33 heavy (non-hydrogen) atoms. The number of anilines is 1. The van der Waals surface area contributed by atoms with E-state index in [1.807, 2.05) is 19.9 Å². The summed E-state index contributed by atoms with van der Waals surface area (Å²) >= 11 is 1.01. The standard InChI is InChI=1S/C21H15F3N4O4S/c1-10(2)9-11-3-8-14-15(25)18(33-19(14)26-11)17(29)16-20(30)32-27-28(16)12-4-6-13(7-5-12)31-21(22,23)24/h3-9H,1-2H3,(H2-,25,27,29,30).